The van der Waals surface area contributed by atoms with Crippen LogP contribution in [0.25, 0.3) is 0 Å². The number of rotatable bonds is 4. The van der Waals surface area contributed by atoms with Crippen molar-refractivity contribution in [2.45, 2.75) is 20.4 Å². The molecule has 0 aliphatic carbocycles. The minimum Gasteiger partial charge on any atom is -0.496 e. The number of aryl methyl sites for hydroxylation is 2. The number of quaternary nitrogens is 1. The van der Waals surface area contributed by atoms with Crippen LogP contribution in [0.4, 0.5) is 5.82 Å². The summed E-state index contributed by atoms with van der Waals surface area (Å²) in [5, 5.41) is 0. The van der Waals surface area contributed by atoms with E-state index < -0.39 is 0 Å². The first-order valence-electron chi connectivity index (χ1n) is 8.36. The maximum absolute atomic E-state index is 5.42. The third-order valence-corrected chi connectivity index (χ3v) is 4.80. The van der Waals surface area contributed by atoms with Gasteiger partial charge in [0.15, 0.2) is 0 Å². The van der Waals surface area contributed by atoms with Crippen LogP contribution in [-0.2, 0) is 6.54 Å². The number of methoxy groups -OCH3 is 1. The van der Waals surface area contributed by atoms with Crippen molar-refractivity contribution >= 4 is 5.82 Å². The van der Waals surface area contributed by atoms with Crippen LogP contribution in [-0.4, -0.2) is 33.3 Å². The lowest BCUT2D eigenvalue weighted by molar-refractivity contribution is -0.914. The standard InChI is InChI=1S/C19H25N3O/c1-15-13-18(23-3)16(2)12-17(15)14-21-8-10-22(11-9-21)19-6-4-5-7-20-19/h4-7,12-13H,8-11,14H2,1-3H3/p+2. The molecule has 4 heteroatoms. The summed E-state index contributed by atoms with van der Waals surface area (Å²) in [6, 6.07) is 10.7. The number of ether oxygens (including phenoxy) is 1. The molecular weight excluding hydrogens is 286 g/mol. The van der Waals surface area contributed by atoms with Gasteiger partial charge in [0.05, 0.1) is 13.3 Å². The summed E-state index contributed by atoms with van der Waals surface area (Å²) >= 11 is 0. The highest BCUT2D eigenvalue weighted by atomic mass is 16.5. The van der Waals surface area contributed by atoms with Gasteiger partial charge < -0.3 is 9.64 Å². The van der Waals surface area contributed by atoms with E-state index in [1.165, 1.54) is 35.6 Å². The molecule has 0 amide bonds. The Morgan fingerprint density at radius 2 is 1.91 bits per heavy atom. The van der Waals surface area contributed by atoms with Crippen molar-refractivity contribution in [2.24, 2.45) is 0 Å². The van der Waals surface area contributed by atoms with Crippen LogP contribution >= 0.6 is 0 Å². The minimum absolute atomic E-state index is 0.991. The summed E-state index contributed by atoms with van der Waals surface area (Å²) in [7, 11) is 1.74. The number of nitrogens with zero attached hydrogens (tertiary/aromatic N) is 1. The minimum atomic E-state index is 0.991. The number of benzene rings is 1. The van der Waals surface area contributed by atoms with E-state index in [-0.39, 0.29) is 0 Å². The van der Waals surface area contributed by atoms with E-state index in [0.29, 0.717) is 0 Å². The molecule has 122 valence electrons. The summed E-state index contributed by atoms with van der Waals surface area (Å²) in [5.74, 6) is 2.22. The average molecular weight is 313 g/mol. The Morgan fingerprint density at radius 1 is 1.13 bits per heavy atom. The SMILES string of the molecule is COc1cc(C)c(C[NH+]2CCN(c3cccc[nH+]3)CC2)cc1C. The summed E-state index contributed by atoms with van der Waals surface area (Å²) in [6.45, 7) is 9.96. The van der Waals surface area contributed by atoms with Gasteiger partial charge in [-0.2, -0.15) is 0 Å². The fourth-order valence-electron chi connectivity index (χ4n) is 3.35. The number of hydrogen-bond acceptors (Lipinski definition) is 2. The molecule has 23 heavy (non-hydrogen) atoms. The molecule has 4 nitrogen and oxygen atoms in total. The van der Waals surface area contributed by atoms with E-state index in [0.717, 1.165) is 25.4 Å². The molecule has 0 bridgehead atoms. The van der Waals surface area contributed by atoms with Gasteiger partial charge in [0.2, 0.25) is 0 Å². The Labute approximate surface area is 138 Å². The predicted molar refractivity (Wildman–Crippen MR) is 92.1 cm³/mol. The van der Waals surface area contributed by atoms with Crippen LogP contribution in [0.3, 0.4) is 0 Å². The van der Waals surface area contributed by atoms with Crippen LogP contribution < -0.4 is 19.5 Å². The summed E-state index contributed by atoms with van der Waals surface area (Å²) < 4.78 is 5.42. The van der Waals surface area contributed by atoms with Crippen molar-refractivity contribution in [2.75, 3.05) is 38.2 Å². The van der Waals surface area contributed by atoms with Gasteiger partial charge in [0.25, 0.3) is 5.82 Å². The average Bonchev–Trinajstić information content (AvgIpc) is 2.59. The normalized spacial score (nSPS) is 15.7. The van der Waals surface area contributed by atoms with Crippen molar-refractivity contribution in [1.29, 1.82) is 0 Å². The molecule has 0 saturated carbocycles. The summed E-state index contributed by atoms with van der Waals surface area (Å²) in [6.07, 6.45) is 2.00. The molecule has 0 radical (unpaired) electrons. The lowest BCUT2D eigenvalue weighted by Crippen LogP contribution is -3.13. The van der Waals surface area contributed by atoms with E-state index in [1.54, 1.807) is 12.0 Å². The maximum Gasteiger partial charge on any atom is 0.274 e. The molecule has 3 rings (SSSR count). The number of aromatic amines is 1. The molecule has 1 aromatic carbocycles. The fraction of sp³-hybridized carbons (Fsp3) is 0.421. The van der Waals surface area contributed by atoms with E-state index in [1.807, 2.05) is 12.3 Å². The highest BCUT2D eigenvalue weighted by Crippen LogP contribution is 2.22. The number of H-pyrrole nitrogens is 1. The second-order valence-corrected chi connectivity index (χ2v) is 6.41. The Hall–Kier alpha value is -2.07. The quantitative estimate of drug-likeness (QED) is 0.914. The maximum atomic E-state index is 5.42. The summed E-state index contributed by atoms with van der Waals surface area (Å²) in [5.41, 5.74) is 4.00. The molecule has 1 aliphatic rings. The zero-order valence-electron chi connectivity index (χ0n) is 14.4. The van der Waals surface area contributed by atoms with E-state index in [9.17, 15) is 0 Å². The monoisotopic (exact) mass is 313 g/mol. The zero-order valence-corrected chi connectivity index (χ0v) is 14.4. The second kappa shape index (κ2) is 7.01. The molecule has 0 atom stereocenters. The highest BCUT2D eigenvalue weighted by Gasteiger charge is 2.26. The topological polar surface area (TPSA) is 31.1 Å². The number of piperazine rings is 1. The second-order valence-electron chi connectivity index (χ2n) is 6.41. The third kappa shape index (κ3) is 3.64. The fourth-order valence-corrected chi connectivity index (χ4v) is 3.35. The van der Waals surface area contributed by atoms with Gasteiger partial charge in [-0.15, -0.1) is 0 Å². The highest BCUT2D eigenvalue weighted by molar-refractivity contribution is 5.41. The number of hydrogen-bond donors (Lipinski definition) is 1. The lowest BCUT2D eigenvalue weighted by atomic mass is 10.0. The van der Waals surface area contributed by atoms with Crippen LogP contribution in [0, 0.1) is 13.8 Å². The first-order chi connectivity index (χ1) is 11.2. The molecule has 2 N–H and O–H groups in total. The molecule has 0 unspecified atom stereocenters. The Balaban J connectivity index is 1.62. The molecule has 1 fully saturated rings. The van der Waals surface area contributed by atoms with Crippen molar-refractivity contribution in [3.63, 3.8) is 0 Å². The van der Waals surface area contributed by atoms with Gasteiger partial charge in [-0.3, -0.25) is 4.90 Å². The van der Waals surface area contributed by atoms with E-state index >= 15 is 0 Å². The molecule has 0 spiro atoms. The zero-order chi connectivity index (χ0) is 16.2. The van der Waals surface area contributed by atoms with Crippen molar-refractivity contribution in [1.82, 2.24) is 0 Å². The molecule has 2 aromatic rings. The molecule has 1 aliphatic heterocycles. The molecule has 1 aromatic heterocycles. The first kappa shape index (κ1) is 15.8. The van der Waals surface area contributed by atoms with Gasteiger partial charge >= 0.3 is 0 Å². The van der Waals surface area contributed by atoms with Gasteiger partial charge in [-0.05, 0) is 43.2 Å². The number of nitrogens with one attached hydrogen (secondary N) is 2. The molecular formula is C19H27N3O+2. The van der Waals surface area contributed by atoms with Gasteiger partial charge in [0.1, 0.15) is 38.5 Å². The lowest BCUT2D eigenvalue weighted by Gasteiger charge is -2.28. The smallest absolute Gasteiger partial charge is 0.274 e. The van der Waals surface area contributed by atoms with E-state index in [2.05, 4.69) is 48.0 Å². The van der Waals surface area contributed by atoms with Crippen LogP contribution in [0.5, 0.6) is 5.75 Å². The number of anilines is 1. The Bertz CT molecular complexity index is 649. The van der Waals surface area contributed by atoms with Gasteiger partial charge in [-0.25, -0.2) is 4.98 Å². The van der Waals surface area contributed by atoms with Crippen LogP contribution in [0.1, 0.15) is 16.7 Å². The van der Waals surface area contributed by atoms with Gasteiger partial charge in [0, 0.05) is 11.6 Å². The van der Waals surface area contributed by atoms with Crippen LogP contribution in [0.15, 0.2) is 36.5 Å². The third-order valence-electron chi connectivity index (χ3n) is 4.80. The van der Waals surface area contributed by atoms with Crippen molar-refractivity contribution < 1.29 is 14.6 Å². The Morgan fingerprint density at radius 3 is 2.57 bits per heavy atom. The molecule has 2 heterocycles. The van der Waals surface area contributed by atoms with Crippen molar-refractivity contribution in [3.8, 4) is 5.75 Å². The van der Waals surface area contributed by atoms with Gasteiger partial charge in [-0.1, -0.05) is 6.07 Å². The first-order valence-corrected chi connectivity index (χ1v) is 8.36. The Kier molecular flexibility index (Phi) is 4.82. The predicted octanol–water partition coefficient (Wildman–Crippen LogP) is 1.03. The van der Waals surface area contributed by atoms with Crippen LogP contribution in [0.2, 0.25) is 0 Å². The number of pyridine rings is 1. The molecule has 1 saturated heterocycles. The van der Waals surface area contributed by atoms with E-state index in [4.69, 9.17) is 4.74 Å². The summed E-state index contributed by atoms with van der Waals surface area (Å²) in [4.78, 5) is 7.43. The number of aromatic nitrogens is 1. The largest absolute Gasteiger partial charge is 0.496 e. The van der Waals surface area contributed by atoms with Crippen molar-refractivity contribution in [3.05, 3.63) is 53.2 Å².